The summed E-state index contributed by atoms with van der Waals surface area (Å²) in [4.78, 5) is 14.0. The van der Waals surface area contributed by atoms with E-state index >= 15 is 0 Å². The molecular formula is C14H10BrN3O2. The summed E-state index contributed by atoms with van der Waals surface area (Å²) in [5, 5.41) is 3.96. The topological polar surface area (TPSA) is 84.9 Å². The first kappa shape index (κ1) is 12.7. The number of nitrogen functional groups attached to an aromatic ring is 1. The van der Waals surface area contributed by atoms with Gasteiger partial charge in [0, 0.05) is 22.3 Å². The average molecular weight is 332 g/mol. The second-order valence-corrected chi connectivity index (χ2v) is 5.13. The quantitative estimate of drug-likeness (QED) is 0.755. The Morgan fingerprint density at radius 1 is 1.15 bits per heavy atom. The molecule has 0 aliphatic rings. The highest BCUT2D eigenvalue weighted by molar-refractivity contribution is 9.10. The molecule has 20 heavy (non-hydrogen) atoms. The van der Waals surface area contributed by atoms with Crippen LogP contribution in [-0.4, -0.2) is 10.1 Å². The van der Waals surface area contributed by atoms with E-state index in [-0.39, 0.29) is 11.4 Å². The zero-order valence-corrected chi connectivity index (χ0v) is 11.8. The lowest BCUT2D eigenvalue weighted by molar-refractivity contribution is 0.439. The van der Waals surface area contributed by atoms with Crippen molar-refractivity contribution in [3.63, 3.8) is 0 Å². The fourth-order valence-electron chi connectivity index (χ4n) is 1.99. The Morgan fingerprint density at radius 2 is 1.90 bits per heavy atom. The van der Waals surface area contributed by atoms with Gasteiger partial charge in [0.1, 0.15) is 5.69 Å². The van der Waals surface area contributed by atoms with Crippen molar-refractivity contribution in [1.82, 2.24) is 10.1 Å². The van der Waals surface area contributed by atoms with Crippen molar-refractivity contribution in [1.29, 1.82) is 0 Å². The number of rotatable bonds is 2. The van der Waals surface area contributed by atoms with E-state index in [0.29, 0.717) is 16.8 Å². The standard InChI is InChI=1S/C14H10BrN3O2/c15-10-3-1-8(2-4-10)12-13(18-20-14(12)16)9-5-6-17-11(19)7-9/h1-7H,16H2,(H,17,19). The molecule has 3 N–H and O–H groups in total. The van der Waals surface area contributed by atoms with E-state index in [1.807, 2.05) is 24.3 Å². The minimum Gasteiger partial charge on any atom is -0.367 e. The lowest BCUT2D eigenvalue weighted by Gasteiger charge is -2.02. The van der Waals surface area contributed by atoms with Crippen molar-refractivity contribution >= 4 is 21.8 Å². The van der Waals surface area contributed by atoms with E-state index in [1.54, 1.807) is 12.3 Å². The molecule has 100 valence electrons. The van der Waals surface area contributed by atoms with E-state index in [9.17, 15) is 4.79 Å². The van der Waals surface area contributed by atoms with Crippen molar-refractivity contribution in [3.05, 3.63) is 57.4 Å². The van der Waals surface area contributed by atoms with Crippen molar-refractivity contribution in [3.8, 4) is 22.4 Å². The maximum atomic E-state index is 11.4. The zero-order valence-electron chi connectivity index (χ0n) is 10.3. The maximum Gasteiger partial charge on any atom is 0.248 e. The Morgan fingerprint density at radius 3 is 2.60 bits per heavy atom. The largest absolute Gasteiger partial charge is 0.367 e. The number of nitrogens with two attached hydrogens (primary N) is 1. The predicted octanol–water partition coefficient (Wildman–Crippen LogP) is 3.04. The fourth-order valence-corrected chi connectivity index (χ4v) is 2.25. The Bertz CT molecular complexity index is 806. The summed E-state index contributed by atoms with van der Waals surface area (Å²) in [6, 6.07) is 10.8. The van der Waals surface area contributed by atoms with Gasteiger partial charge in [-0.25, -0.2) is 0 Å². The van der Waals surface area contributed by atoms with Gasteiger partial charge >= 0.3 is 0 Å². The number of nitrogens with zero attached hydrogens (tertiary/aromatic N) is 1. The first-order valence-corrected chi connectivity index (χ1v) is 6.64. The molecule has 3 aromatic rings. The van der Waals surface area contributed by atoms with Crippen LogP contribution in [0, 0.1) is 0 Å². The average Bonchev–Trinajstić information content (AvgIpc) is 2.82. The first-order chi connectivity index (χ1) is 9.65. The minimum atomic E-state index is -0.203. The number of anilines is 1. The summed E-state index contributed by atoms with van der Waals surface area (Å²) in [7, 11) is 0. The van der Waals surface area contributed by atoms with Crippen molar-refractivity contribution < 1.29 is 4.52 Å². The number of aromatic nitrogens is 2. The molecule has 0 unspecified atom stereocenters. The molecule has 0 amide bonds. The normalized spacial score (nSPS) is 10.7. The Balaban J connectivity index is 2.19. The molecule has 0 saturated heterocycles. The zero-order chi connectivity index (χ0) is 14.1. The van der Waals surface area contributed by atoms with E-state index in [0.717, 1.165) is 10.0 Å². The van der Waals surface area contributed by atoms with Crippen molar-refractivity contribution in [2.45, 2.75) is 0 Å². The number of nitrogens with one attached hydrogen (secondary N) is 1. The van der Waals surface area contributed by atoms with Crippen molar-refractivity contribution in [2.24, 2.45) is 0 Å². The summed E-state index contributed by atoms with van der Waals surface area (Å²) in [5.41, 5.74) is 8.43. The Labute approximate surface area is 122 Å². The van der Waals surface area contributed by atoms with Gasteiger partial charge in [0.25, 0.3) is 0 Å². The van der Waals surface area contributed by atoms with Crippen LogP contribution in [0.4, 0.5) is 5.88 Å². The lowest BCUT2D eigenvalue weighted by Crippen LogP contribution is -2.02. The van der Waals surface area contributed by atoms with Gasteiger partial charge in [0.05, 0.1) is 5.56 Å². The van der Waals surface area contributed by atoms with Gasteiger partial charge in [0.15, 0.2) is 0 Å². The molecule has 2 heterocycles. The second kappa shape index (κ2) is 4.97. The van der Waals surface area contributed by atoms with Crippen LogP contribution in [0.5, 0.6) is 0 Å². The number of halogens is 1. The number of pyridine rings is 1. The maximum absolute atomic E-state index is 11.4. The molecule has 2 aromatic heterocycles. The van der Waals surface area contributed by atoms with Gasteiger partial charge in [-0.15, -0.1) is 0 Å². The molecule has 5 nitrogen and oxygen atoms in total. The molecule has 0 atom stereocenters. The molecule has 0 aliphatic heterocycles. The van der Waals surface area contributed by atoms with E-state index < -0.39 is 0 Å². The minimum absolute atomic E-state index is 0.203. The van der Waals surface area contributed by atoms with Crippen LogP contribution in [0.2, 0.25) is 0 Å². The molecule has 3 rings (SSSR count). The lowest BCUT2D eigenvalue weighted by atomic mass is 10.0. The molecule has 0 aliphatic carbocycles. The monoisotopic (exact) mass is 331 g/mol. The van der Waals surface area contributed by atoms with Crippen LogP contribution < -0.4 is 11.3 Å². The van der Waals surface area contributed by atoms with Crippen molar-refractivity contribution in [2.75, 3.05) is 5.73 Å². The predicted molar refractivity (Wildman–Crippen MR) is 80.1 cm³/mol. The fraction of sp³-hybridized carbons (Fsp3) is 0. The molecule has 0 bridgehead atoms. The Hall–Kier alpha value is -2.34. The van der Waals surface area contributed by atoms with Crippen LogP contribution in [0.3, 0.4) is 0 Å². The highest BCUT2D eigenvalue weighted by Gasteiger charge is 2.17. The van der Waals surface area contributed by atoms with E-state index in [1.165, 1.54) is 6.07 Å². The summed E-state index contributed by atoms with van der Waals surface area (Å²) >= 11 is 3.38. The molecule has 0 fully saturated rings. The van der Waals surface area contributed by atoms with Gasteiger partial charge in [-0.2, -0.15) is 0 Å². The number of hydrogen-bond acceptors (Lipinski definition) is 4. The molecule has 0 saturated carbocycles. The van der Waals surface area contributed by atoms with Crippen LogP contribution in [0.1, 0.15) is 0 Å². The molecule has 6 heteroatoms. The van der Waals surface area contributed by atoms with Crippen LogP contribution >= 0.6 is 15.9 Å². The third kappa shape index (κ3) is 2.25. The van der Waals surface area contributed by atoms with Gasteiger partial charge in [-0.05, 0) is 23.8 Å². The SMILES string of the molecule is Nc1onc(-c2cc[nH]c(=O)c2)c1-c1ccc(Br)cc1. The molecule has 1 aromatic carbocycles. The van der Waals surface area contributed by atoms with Gasteiger partial charge < -0.3 is 15.2 Å². The highest BCUT2D eigenvalue weighted by atomic mass is 79.9. The summed E-state index contributed by atoms with van der Waals surface area (Å²) < 4.78 is 6.05. The number of benzene rings is 1. The second-order valence-electron chi connectivity index (χ2n) is 4.22. The van der Waals surface area contributed by atoms with Crippen LogP contribution in [-0.2, 0) is 0 Å². The number of aromatic amines is 1. The van der Waals surface area contributed by atoms with E-state index in [2.05, 4.69) is 26.1 Å². The summed E-state index contributed by atoms with van der Waals surface area (Å²) in [6.45, 7) is 0. The number of hydrogen-bond donors (Lipinski definition) is 2. The molecular weight excluding hydrogens is 322 g/mol. The number of H-pyrrole nitrogens is 1. The van der Waals surface area contributed by atoms with Gasteiger partial charge in [-0.1, -0.05) is 33.2 Å². The van der Waals surface area contributed by atoms with Crippen LogP contribution in [0.15, 0.2) is 56.4 Å². The van der Waals surface area contributed by atoms with Crippen LogP contribution in [0.25, 0.3) is 22.4 Å². The Kier molecular flexibility index (Phi) is 3.15. The first-order valence-electron chi connectivity index (χ1n) is 5.85. The molecule has 0 radical (unpaired) electrons. The summed E-state index contributed by atoms with van der Waals surface area (Å²) in [5.74, 6) is 0.225. The smallest absolute Gasteiger partial charge is 0.248 e. The highest BCUT2D eigenvalue weighted by Crippen LogP contribution is 2.35. The molecule has 0 spiro atoms. The third-order valence-corrected chi connectivity index (χ3v) is 3.43. The summed E-state index contributed by atoms with van der Waals surface area (Å²) in [6.07, 6.45) is 1.56. The van der Waals surface area contributed by atoms with E-state index in [4.69, 9.17) is 10.3 Å². The third-order valence-electron chi connectivity index (χ3n) is 2.90. The van der Waals surface area contributed by atoms with Gasteiger partial charge in [0.2, 0.25) is 11.4 Å². The van der Waals surface area contributed by atoms with Gasteiger partial charge in [-0.3, -0.25) is 4.79 Å².